The Labute approximate surface area is 147 Å². The molecule has 0 radical (unpaired) electrons. The second-order valence-electron chi connectivity index (χ2n) is 6.76. The van der Waals surface area contributed by atoms with Gasteiger partial charge >= 0.3 is 0 Å². The SMILES string of the molecule is C=C(CC)c1ccc(C)c(CCC(=C)c2cc(C)cc(CC)c2)c1. The minimum Gasteiger partial charge on any atom is -0.0952 e. The summed E-state index contributed by atoms with van der Waals surface area (Å²) < 4.78 is 0. The Morgan fingerprint density at radius 3 is 2.29 bits per heavy atom. The summed E-state index contributed by atoms with van der Waals surface area (Å²) in [6, 6.07) is 13.5. The minimum absolute atomic E-state index is 0.996. The van der Waals surface area contributed by atoms with Gasteiger partial charge in [-0.25, -0.2) is 0 Å². The largest absolute Gasteiger partial charge is 0.0952 e. The van der Waals surface area contributed by atoms with Crippen molar-refractivity contribution in [2.45, 2.75) is 53.4 Å². The van der Waals surface area contributed by atoms with Crippen LogP contribution >= 0.6 is 0 Å². The Morgan fingerprint density at radius 2 is 1.62 bits per heavy atom. The van der Waals surface area contributed by atoms with Crippen LogP contribution in [0.1, 0.15) is 60.1 Å². The average molecular weight is 319 g/mol. The second kappa shape index (κ2) is 8.15. The standard InChI is InChI=1S/C24H30/c1-7-18(4)22-11-9-19(5)23(16-22)12-10-20(6)24-14-17(3)13-21(8-2)15-24/h9,11,13-16H,4,6-8,10,12H2,1-3,5H3. The van der Waals surface area contributed by atoms with Crippen molar-refractivity contribution < 1.29 is 0 Å². The molecule has 0 bridgehead atoms. The predicted octanol–water partition coefficient (Wildman–Crippen LogP) is 6.94. The highest BCUT2D eigenvalue weighted by molar-refractivity contribution is 5.66. The van der Waals surface area contributed by atoms with Gasteiger partial charge in [0.2, 0.25) is 0 Å². The molecule has 2 rings (SSSR count). The molecule has 0 nitrogen and oxygen atoms in total. The first-order valence-electron chi connectivity index (χ1n) is 9.01. The highest BCUT2D eigenvalue weighted by Crippen LogP contribution is 2.25. The zero-order valence-electron chi connectivity index (χ0n) is 15.7. The van der Waals surface area contributed by atoms with Gasteiger partial charge in [-0.05, 0) is 78.5 Å². The fourth-order valence-electron chi connectivity index (χ4n) is 3.07. The summed E-state index contributed by atoms with van der Waals surface area (Å²) in [7, 11) is 0. The summed E-state index contributed by atoms with van der Waals surface area (Å²) in [5.74, 6) is 0. The van der Waals surface area contributed by atoms with Gasteiger partial charge in [-0.2, -0.15) is 0 Å². The molecule has 0 fully saturated rings. The normalized spacial score (nSPS) is 10.7. The van der Waals surface area contributed by atoms with Crippen molar-refractivity contribution in [3.05, 3.63) is 82.9 Å². The van der Waals surface area contributed by atoms with Gasteiger partial charge in [0, 0.05) is 0 Å². The fourth-order valence-corrected chi connectivity index (χ4v) is 3.07. The number of hydrogen-bond donors (Lipinski definition) is 0. The van der Waals surface area contributed by atoms with Crippen LogP contribution in [0.15, 0.2) is 49.6 Å². The third-order valence-electron chi connectivity index (χ3n) is 4.83. The molecule has 0 spiro atoms. The fraction of sp³-hybridized carbons (Fsp3) is 0.333. The van der Waals surface area contributed by atoms with Crippen LogP contribution in [0.4, 0.5) is 0 Å². The van der Waals surface area contributed by atoms with Crippen molar-refractivity contribution in [1.82, 2.24) is 0 Å². The lowest BCUT2D eigenvalue weighted by Gasteiger charge is -2.13. The van der Waals surface area contributed by atoms with E-state index in [1.807, 2.05) is 0 Å². The Hall–Kier alpha value is -2.08. The van der Waals surface area contributed by atoms with E-state index >= 15 is 0 Å². The number of allylic oxidation sites excluding steroid dienone is 2. The molecule has 0 amide bonds. The van der Waals surface area contributed by atoms with Crippen molar-refractivity contribution in [2.24, 2.45) is 0 Å². The molecule has 0 aliphatic heterocycles. The molecule has 0 saturated carbocycles. The van der Waals surface area contributed by atoms with Crippen molar-refractivity contribution in [1.29, 1.82) is 0 Å². The molecule has 2 aromatic carbocycles. The van der Waals surface area contributed by atoms with Crippen molar-refractivity contribution >= 4 is 11.1 Å². The van der Waals surface area contributed by atoms with Crippen LogP contribution in [0.25, 0.3) is 11.1 Å². The topological polar surface area (TPSA) is 0 Å². The molecule has 0 aliphatic carbocycles. The van der Waals surface area contributed by atoms with Crippen molar-refractivity contribution in [3.8, 4) is 0 Å². The van der Waals surface area contributed by atoms with E-state index in [1.165, 1.54) is 44.5 Å². The molecule has 0 aliphatic rings. The highest BCUT2D eigenvalue weighted by Gasteiger charge is 2.06. The lowest BCUT2D eigenvalue weighted by molar-refractivity contribution is 0.999. The average Bonchev–Trinajstić information content (AvgIpc) is 2.59. The molecule has 24 heavy (non-hydrogen) atoms. The molecule has 0 atom stereocenters. The van der Waals surface area contributed by atoms with Gasteiger partial charge < -0.3 is 0 Å². The Kier molecular flexibility index (Phi) is 6.20. The van der Waals surface area contributed by atoms with Gasteiger partial charge in [-0.15, -0.1) is 0 Å². The van der Waals surface area contributed by atoms with Gasteiger partial charge in [0.15, 0.2) is 0 Å². The zero-order chi connectivity index (χ0) is 17.7. The Bertz CT molecular complexity index is 747. The van der Waals surface area contributed by atoms with E-state index < -0.39 is 0 Å². The van der Waals surface area contributed by atoms with E-state index in [2.05, 4.69) is 77.3 Å². The van der Waals surface area contributed by atoms with E-state index in [0.717, 1.165) is 25.7 Å². The van der Waals surface area contributed by atoms with Crippen molar-refractivity contribution in [3.63, 3.8) is 0 Å². The molecule has 0 heterocycles. The highest BCUT2D eigenvalue weighted by atomic mass is 14.1. The van der Waals surface area contributed by atoms with Crippen LogP contribution in [0, 0.1) is 13.8 Å². The van der Waals surface area contributed by atoms with Crippen LogP contribution in [0.5, 0.6) is 0 Å². The molecule has 126 valence electrons. The zero-order valence-corrected chi connectivity index (χ0v) is 15.7. The third kappa shape index (κ3) is 4.47. The molecule has 2 aromatic rings. The molecule has 0 aromatic heterocycles. The van der Waals surface area contributed by atoms with Gasteiger partial charge in [0.05, 0.1) is 0 Å². The maximum absolute atomic E-state index is 4.34. The maximum Gasteiger partial charge on any atom is -0.0225 e. The van der Waals surface area contributed by atoms with Crippen LogP contribution in [0.2, 0.25) is 0 Å². The molecule has 0 heteroatoms. The lowest BCUT2D eigenvalue weighted by atomic mass is 9.93. The van der Waals surface area contributed by atoms with E-state index in [4.69, 9.17) is 0 Å². The minimum atomic E-state index is 0.996. The first-order valence-corrected chi connectivity index (χ1v) is 9.01. The number of benzene rings is 2. The van der Waals surface area contributed by atoms with Crippen molar-refractivity contribution in [2.75, 3.05) is 0 Å². The molecule has 0 N–H and O–H groups in total. The van der Waals surface area contributed by atoms with Gasteiger partial charge in [-0.3, -0.25) is 0 Å². The Morgan fingerprint density at radius 1 is 0.875 bits per heavy atom. The van der Waals surface area contributed by atoms with E-state index in [1.54, 1.807) is 0 Å². The first-order chi connectivity index (χ1) is 11.4. The quantitative estimate of drug-likeness (QED) is 0.519. The van der Waals surface area contributed by atoms with E-state index in [0.29, 0.717) is 0 Å². The summed E-state index contributed by atoms with van der Waals surface area (Å²) in [5, 5.41) is 0. The van der Waals surface area contributed by atoms with Gasteiger partial charge in [0.25, 0.3) is 0 Å². The Balaban J connectivity index is 2.14. The smallest absolute Gasteiger partial charge is 0.0225 e. The summed E-state index contributed by atoms with van der Waals surface area (Å²) in [4.78, 5) is 0. The maximum atomic E-state index is 4.34. The van der Waals surface area contributed by atoms with E-state index in [-0.39, 0.29) is 0 Å². The van der Waals surface area contributed by atoms with Gasteiger partial charge in [0.1, 0.15) is 0 Å². The summed E-state index contributed by atoms with van der Waals surface area (Å²) >= 11 is 0. The van der Waals surface area contributed by atoms with Crippen LogP contribution in [-0.2, 0) is 12.8 Å². The molecule has 0 unspecified atom stereocenters. The number of aryl methyl sites for hydroxylation is 4. The lowest BCUT2D eigenvalue weighted by Crippen LogP contribution is -1.95. The first kappa shape index (κ1) is 18.3. The number of rotatable bonds is 7. The number of hydrogen-bond acceptors (Lipinski definition) is 0. The second-order valence-corrected chi connectivity index (χ2v) is 6.76. The summed E-state index contributed by atoms with van der Waals surface area (Å²) in [6.07, 6.45) is 4.10. The van der Waals surface area contributed by atoms with E-state index in [9.17, 15) is 0 Å². The summed E-state index contributed by atoms with van der Waals surface area (Å²) in [6.45, 7) is 17.2. The van der Waals surface area contributed by atoms with Crippen LogP contribution < -0.4 is 0 Å². The molecular formula is C24H30. The van der Waals surface area contributed by atoms with Crippen LogP contribution in [0.3, 0.4) is 0 Å². The molecular weight excluding hydrogens is 288 g/mol. The monoisotopic (exact) mass is 318 g/mol. The van der Waals surface area contributed by atoms with Gasteiger partial charge in [-0.1, -0.05) is 69.0 Å². The predicted molar refractivity (Wildman–Crippen MR) is 108 cm³/mol. The molecule has 0 saturated heterocycles. The van der Waals surface area contributed by atoms with Crippen LogP contribution in [-0.4, -0.2) is 0 Å². The third-order valence-corrected chi connectivity index (χ3v) is 4.83. The summed E-state index contributed by atoms with van der Waals surface area (Å²) in [5.41, 5.74) is 10.5.